The maximum atomic E-state index is 10.5. The first-order valence-corrected chi connectivity index (χ1v) is 5.18. The minimum absolute atomic E-state index is 0.0211. The van der Waals surface area contributed by atoms with E-state index in [0.717, 1.165) is 0 Å². The van der Waals surface area contributed by atoms with E-state index in [1.54, 1.807) is 12.1 Å². The molecule has 78 valence electrons. The molecule has 1 aromatic carbocycles. The number of fused-ring (bicyclic) bond motifs is 1. The Morgan fingerprint density at radius 1 is 1.40 bits per heavy atom. The Kier molecular flexibility index (Phi) is 2.53. The van der Waals surface area contributed by atoms with Crippen LogP contribution in [0, 0.1) is 0 Å². The first-order chi connectivity index (χ1) is 7.18. The van der Waals surface area contributed by atoms with Crippen LogP contribution in [0.3, 0.4) is 0 Å². The van der Waals surface area contributed by atoms with Gasteiger partial charge in [0.1, 0.15) is 11.3 Å². The number of aromatic hydroxyl groups is 1. The van der Waals surface area contributed by atoms with Gasteiger partial charge in [-0.3, -0.25) is 9.19 Å². The lowest BCUT2D eigenvalue weighted by molar-refractivity contribution is 0.480. The zero-order chi connectivity index (χ0) is 10.8. The van der Waals surface area contributed by atoms with E-state index in [9.17, 15) is 13.9 Å². The first kappa shape index (κ1) is 9.88. The zero-order valence-corrected chi connectivity index (χ0v) is 8.32. The van der Waals surface area contributed by atoms with Crippen LogP contribution < -0.4 is 4.72 Å². The number of hydrogen-bond donors (Lipinski definition) is 2. The molecule has 0 aliphatic carbocycles. The molecule has 0 aliphatic rings. The van der Waals surface area contributed by atoms with E-state index in [2.05, 4.69) is 9.71 Å². The van der Waals surface area contributed by atoms with E-state index in [-0.39, 0.29) is 5.75 Å². The molecule has 0 fully saturated rings. The predicted octanol–water partition coefficient (Wildman–Crippen LogP) is 1.15. The Morgan fingerprint density at radius 3 is 2.93 bits per heavy atom. The smallest absolute Gasteiger partial charge is 0.141 e. The summed E-state index contributed by atoms with van der Waals surface area (Å²) in [5, 5.41) is 10.0. The van der Waals surface area contributed by atoms with Gasteiger partial charge in [-0.25, -0.2) is 0 Å². The molecule has 0 spiro atoms. The van der Waals surface area contributed by atoms with Crippen LogP contribution in [-0.4, -0.2) is 18.9 Å². The molecular weight excluding hydrogens is 216 g/mol. The van der Waals surface area contributed by atoms with Gasteiger partial charge in [0.25, 0.3) is 0 Å². The molecule has 0 saturated heterocycles. The summed E-state index contributed by atoms with van der Waals surface area (Å²) in [6.07, 6.45) is 1.53. The van der Waals surface area contributed by atoms with Gasteiger partial charge in [0.15, 0.2) is 0 Å². The Bertz CT molecular complexity index is 530. The normalized spacial score (nSPS) is 12.6. The molecule has 2 N–H and O–H groups in total. The Balaban J connectivity index is 2.66. The summed E-state index contributed by atoms with van der Waals surface area (Å²) in [5.74, 6) is 0.0211. The SMILES string of the molecule is O=S([O-])Nc1ccc(O)c2ncccc12. The van der Waals surface area contributed by atoms with Gasteiger partial charge in [0, 0.05) is 22.8 Å². The number of pyridine rings is 1. The summed E-state index contributed by atoms with van der Waals surface area (Å²) in [5.41, 5.74) is 0.761. The number of hydrogen-bond acceptors (Lipinski definition) is 4. The fourth-order valence-electron chi connectivity index (χ4n) is 1.34. The maximum Gasteiger partial charge on any atom is 0.141 e. The third-order valence-electron chi connectivity index (χ3n) is 1.94. The number of nitrogens with zero attached hydrogens (tertiary/aromatic N) is 1. The average molecular weight is 223 g/mol. The molecule has 1 heterocycles. The highest BCUT2D eigenvalue weighted by Gasteiger charge is 2.04. The van der Waals surface area contributed by atoms with Crippen molar-refractivity contribution in [2.75, 3.05) is 4.72 Å². The second-order valence-corrected chi connectivity index (χ2v) is 3.54. The Labute approximate surface area is 88.2 Å². The number of rotatable bonds is 2. The van der Waals surface area contributed by atoms with Crippen molar-refractivity contribution in [3.63, 3.8) is 0 Å². The number of aromatic nitrogens is 1. The lowest BCUT2D eigenvalue weighted by atomic mass is 10.2. The second-order valence-electron chi connectivity index (χ2n) is 2.87. The highest BCUT2D eigenvalue weighted by atomic mass is 32.2. The van der Waals surface area contributed by atoms with E-state index >= 15 is 0 Å². The first-order valence-electron chi connectivity index (χ1n) is 4.11. The molecule has 1 aromatic heterocycles. The number of phenols is 1. The average Bonchev–Trinajstić information content (AvgIpc) is 2.22. The monoisotopic (exact) mass is 223 g/mol. The van der Waals surface area contributed by atoms with Crippen molar-refractivity contribution in [3.05, 3.63) is 30.5 Å². The summed E-state index contributed by atoms with van der Waals surface area (Å²) >= 11 is -2.39. The fraction of sp³-hybridized carbons (Fsp3) is 0. The second kappa shape index (κ2) is 3.84. The standard InChI is InChI=1S/C9H8N2O3S/c12-8-4-3-7(11-15(13)14)6-2-1-5-10-9(6)8/h1-5,11-12H,(H,13,14)/p-1. The number of anilines is 1. The lowest BCUT2D eigenvalue weighted by Crippen LogP contribution is -2.02. The Morgan fingerprint density at radius 2 is 2.20 bits per heavy atom. The molecule has 1 atom stereocenters. The highest BCUT2D eigenvalue weighted by Crippen LogP contribution is 2.28. The van der Waals surface area contributed by atoms with Gasteiger partial charge in [0.05, 0.1) is 5.69 Å². The maximum absolute atomic E-state index is 10.5. The van der Waals surface area contributed by atoms with Gasteiger partial charge in [-0.15, -0.1) is 0 Å². The van der Waals surface area contributed by atoms with Crippen LogP contribution in [0.25, 0.3) is 10.9 Å². The van der Waals surface area contributed by atoms with Gasteiger partial charge in [-0.2, -0.15) is 0 Å². The molecule has 0 radical (unpaired) electrons. The predicted molar refractivity (Wildman–Crippen MR) is 56.0 cm³/mol. The molecule has 1 unspecified atom stereocenters. The molecule has 2 aromatic rings. The van der Waals surface area contributed by atoms with Gasteiger partial charge in [-0.1, -0.05) is 0 Å². The van der Waals surface area contributed by atoms with Gasteiger partial charge < -0.3 is 14.4 Å². The van der Waals surface area contributed by atoms with Gasteiger partial charge >= 0.3 is 0 Å². The van der Waals surface area contributed by atoms with Crippen LogP contribution in [0.1, 0.15) is 0 Å². The van der Waals surface area contributed by atoms with E-state index in [4.69, 9.17) is 0 Å². The fourth-order valence-corrected chi connectivity index (χ4v) is 1.69. The van der Waals surface area contributed by atoms with E-state index in [1.165, 1.54) is 18.3 Å². The topological polar surface area (TPSA) is 85.3 Å². The molecule has 2 rings (SSSR count). The summed E-state index contributed by atoms with van der Waals surface area (Å²) in [6.45, 7) is 0. The molecule has 0 aliphatic heterocycles. The molecule has 0 saturated carbocycles. The van der Waals surface area contributed by atoms with Gasteiger partial charge in [-0.05, 0) is 24.3 Å². The largest absolute Gasteiger partial charge is 0.755 e. The minimum Gasteiger partial charge on any atom is -0.755 e. The number of benzene rings is 1. The van der Waals surface area contributed by atoms with E-state index in [1.807, 2.05) is 0 Å². The third kappa shape index (κ3) is 1.90. The van der Waals surface area contributed by atoms with Crippen LogP contribution in [0.5, 0.6) is 5.75 Å². The van der Waals surface area contributed by atoms with Crippen molar-refractivity contribution in [1.29, 1.82) is 0 Å². The molecular formula is C9H7N2O3S-. The van der Waals surface area contributed by atoms with Crippen LogP contribution >= 0.6 is 0 Å². The summed E-state index contributed by atoms with van der Waals surface area (Å²) in [4.78, 5) is 3.96. The van der Waals surface area contributed by atoms with Crippen molar-refractivity contribution in [2.24, 2.45) is 0 Å². The van der Waals surface area contributed by atoms with Crippen LogP contribution in [0.4, 0.5) is 5.69 Å². The molecule has 0 amide bonds. The molecule has 0 bridgehead atoms. The van der Waals surface area contributed by atoms with Crippen LogP contribution in [-0.2, 0) is 11.3 Å². The molecule has 5 nitrogen and oxygen atoms in total. The van der Waals surface area contributed by atoms with Crippen molar-refractivity contribution in [1.82, 2.24) is 4.98 Å². The summed E-state index contributed by atoms with van der Waals surface area (Å²) < 4.78 is 23.2. The van der Waals surface area contributed by atoms with Crippen LogP contribution in [0.2, 0.25) is 0 Å². The summed E-state index contributed by atoms with van der Waals surface area (Å²) in [6, 6.07) is 6.22. The highest BCUT2D eigenvalue weighted by molar-refractivity contribution is 7.80. The van der Waals surface area contributed by atoms with Gasteiger partial charge in [0.2, 0.25) is 0 Å². The van der Waals surface area contributed by atoms with Crippen molar-refractivity contribution < 1.29 is 13.9 Å². The lowest BCUT2D eigenvalue weighted by Gasteiger charge is -2.11. The van der Waals surface area contributed by atoms with E-state index < -0.39 is 11.3 Å². The quantitative estimate of drug-likeness (QED) is 0.590. The van der Waals surface area contributed by atoms with Crippen molar-refractivity contribution in [2.45, 2.75) is 0 Å². The van der Waals surface area contributed by atoms with Crippen molar-refractivity contribution >= 4 is 27.9 Å². The molecule has 15 heavy (non-hydrogen) atoms. The van der Waals surface area contributed by atoms with Crippen molar-refractivity contribution in [3.8, 4) is 5.75 Å². The zero-order valence-electron chi connectivity index (χ0n) is 7.51. The third-order valence-corrected chi connectivity index (χ3v) is 2.33. The Hall–Kier alpha value is -1.66. The number of nitrogens with one attached hydrogen (secondary N) is 1. The van der Waals surface area contributed by atoms with Crippen LogP contribution in [0.15, 0.2) is 30.5 Å². The summed E-state index contributed by atoms with van der Waals surface area (Å²) in [7, 11) is 0. The number of phenolic OH excluding ortho intramolecular Hbond substituents is 1. The molecule has 6 heteroatoms. The van der Waals surface area contributed by atoms with E-state index in [0.29, 0.717) is 16.6 Å². The minimum atomic E-state index is -2.39.